The first-order valence-corrected chi connectivity index (χ1v) is 9.09. The van der Waals surface area contributed by atoms with Crippen LogP contribution in [0.2, 0.25) is 0 Å². The van der Waals surface area contributed by atoms with Crippen LogP contribution in [0.5, 0.6) is 0 Å². The van der Waals surface area contributed by atoms with E-state index >= 15 is 0 Å². The Hall–Kier alpha value is -1.66. The number of hydrogen-bond donors (Lipinski definition) is 1. The van der Waals surface area contributed by atoms with Crippen molar-refractivity contribution in [2.75, 3.05) is 26.2 Å². The second-order valence-corrected chi connectivity index (χ2v) is 7.09. The standard InChI is InChI=1S/C19H26FN3O2.ClH/c20-16-6-2-1-4-14(16)12-18(24)22-8-10-23(11-9-22)19(25)13-15-5-3-7-17(15)21;/h1-2,4,6,15,17H,3,5,7-13,21H2;1H/t15-,17+;/m0./s1. The predicted octanol–water partition coefficient (Wildman–Crippen LogP) is 1.98. The molecule has 3 rings (SSSR count). The van der Waals surface area contributed by atoms with E-state index in [0.29, 0.717) is 44.1 Å². The largest absolute Gasteiger partial charge is 0.339 e. The molecule has 1 aromatic rings. The maximum atomic E-state index is 13.7. The van der Waals surface area contributed by atoms with Crippen molar-refractivity contribution >= 4 is 24.2 Å². The van der Waals surface area contributed by atoms with Gasteiger partial charge in [0.1, 0.15) is 5.82 Å². The smallest absolute Gasteiger partial charge is 0.227 e. The van der Waals surface area contributed by atoms with Crippen molar-refractivity contribution in [1.29, 1.82) is 0 Å². The van der Waals surface area contributed by atoms with Gasteiger partial charge in [-0.1, -0.05) is 24.6 Å². The Morgan fingerprint density at radius 2 is 1.65 bits per heavy atom. The number of halogens is 2. The van der Waals surface area contributed by atoms with Gasteiger partial charge in [-0.15, -0.1) is 12.4 Å². The highest BCUT2D eigenvalue weighted by atomic mass is 35.5. The lowest BCUT2D eigenvalue weighted by Crippen LogP contribution is -2.51. The van der Waals surface area contributed by atoms with E-state index in [4.69, 9.17) is 5.73 Å². The summed E-state index contributed by atoms with van der Waals surface area (Å²) in [5.41, 5.74) is 6.47. The third kappa shape index (κ3) is 4.95. The Morgan fingerprint density at radius 3 is 2.23 bits per heavy atom. The molecule has 144 valence electrons. The Balaban J connectivity index is 0.00000243. The van der Waals surface area contributed by atoms with E-state index in [1.54, 1.807) is 23.1 Å². The van der Waals surface area contributed by atoms with Gasteiger partial charge in [0.25, 0.3) is 0 Å². The number of carbonyl (C=O) groups is 2. The maximum absolute atomic E-state index is 13.7. The lowest BCUT2D eigenvalue weighted by atomic mass is 9.99. The van der Waals surface area contributed by atoms with Crippen molar-refractivity contribution in [2.45, 2.75) is 38.1 Å². The van der Waals surface area contributed by atoms with E-state index < -0.39 is 0 Å². The molecule has 0 spiro atoms. The Morgan fingerprint density at radius 1 is 1.04 bits per heavy atom. The minimum atomic E-state index is -0.349. The summed E-state index contributed by atoms with van der Waals surface area (Å²) in [6.45, 7) is 2.11. The molecule has 0 radical (unpaired) electrons. The number of benzene rings is 1. The van der Waals surface area contributed by atoms with Gasteiger partial charge >= 0.3 is 0 Å². The average molecular weight is 384 g/mol. The number of hydrogen-bond acceptors (Lipinski definition) is 3. The molecule has 1 aliphatic carbocycles. The third-order valence-electron chi connectivity index (χ3n) is 5.44. The number of nitrogens with zero attached hydrogens (tertiary/aromatic N) is 2. The minimum absolute atomic E-state index is 0. The van der Waals surface area contributed by atoms with Crippen LogP contribution in [0.3, 0.4) is 0 Å². The summed E-state index contributed by atoms with van der Waals surface area (Å²) in [6.07, 6.45) is 3.74. The van der Waals surface area contributed by atoms with Crippen LogP contribution in [0.25, 0.3) is 0 Å². The Labute approximate surface area is 160 Å². The molecule has 1 aliphatic heterocycles. The molecule has 0 aromatic heterocycles. The van der Waals surface area contributed by atoms with Gasteiger partial charge in [-0.3, -0.25) is 9.59 Å². The van der Waals surface area contributed by atoms with E-state index in [9.17, 15) is 14.0 Å². The quantitative estimate of drug-likeness (QED) is 0.864. The molecule has 2 amide bonds. The molecule has 26 heavy (non-hydrogen) atoms. The van der Waals surface area contributed by atoms with Crippen LogP contribution in [0.15, 0.2) is 24.3 Å². The minimum Gasteiger partial charge on any atom is -0.339 e. The molecular formula is C19H27ClFN3O2. The van der Waals surface area contributed by atoms with Crippen molar-refractivity contribution in [3.8, 4) is 0 Å². The molecule has 2 aliphatic rings. The molecule has 1 saturated carbocycles. The Kier molecular flexibility index (Phi) is 7.41. The maximum Gasteiger partial charge on any atom is 0.227 e. The fourth-order valence-corrected chi connectivity index (χ4v) is 3.79. The number of piperazine rings is 1. The zero-order chi connectivity index (χ0) is 17.8. The molecule has 1 aromatic carbocycles. The van der Waals surface area contributed by atoms with Gasteiger partial charge in [-0.05, 0) is 30.4 Å². The monoisotopic (exact) mass is 383 g/mol. The van der Waals surface area contributed by atoms with Gasteiger partial charge in [0.2, 0.25) is 11.8 Å². The molecule has 5 nitrogen and oxygen atoms in total. The normalized spacial score (nSPS) is 22.8. The van der Waals surface area contributed by atoms with Crippen LogP contribution < -0.4 is 5.73 Å². The van der Waals surface area contributed by atoms with Crippen LogP contribution in [0.4, 0.5) is 4.39 Å². The first-order chi connectivity index (χ1) is 12.0. The van der Waals surface area contributed by atoms with Crippen molar-refractivity contribution in [3.63, 3.8) is 0 Å². The summed E-state index contributed by atoms with van der Waals surface area (Å²) in [6, 6.07) is 6.50. The van der Waals surface area contributed by atoms with Gasteiger partial charge in [0.05, 0.1) is 6.42 Å². The van der Waals surface area contributed by atoms with Crippen molar-refractivity contribution in [1.82, 2.24) is 9.80 Å². The summed E-state index contributed by atoms with van der Waals surface area (Å²) < 4.78 is 13.7. The number of nitrogens with two attached hydrogens (primary N) is 1. The SMILES string of the molecule is Cl.N[C@@H]1CCC[C@H]1CC(=O)N1CCN(C(=O)Cc2ccccc2F)CC1. The predicted molar refractivity (Wildman–Crippen MR) is 100 cm³/mol. The molecule has 0 bridgehead atoms. The molecule has 1 saturated heterocycles. The lowest BCUT2D eigenvalue weighted by molar-refractivity contribution is -0.139. The summed E-state index contributed by atoms with van der Waals surface area (Å²) in [5, 5.41) is 0. The number of rotatable bonds is 4. The Bertz CT molecular complexity index is 635. The molecule has 2 atom stereocenters. The van der Waals surface area contributed by atoms with E-state index in [0.717, 1.165) is 19.3 Å². The van der Waals surface area contributed by atoms with Crippen LogP contribution >= 0.6 is 12.4 Å². The zero-order valence-electron chi connectivity index (χ0n) is 14.9. The van der Waals surface area contributed by atoms with Gasteiger partial charge in [-0.2, -0.15) is 0 Å². The second-order valence-electron chi connectivity index (χ2n) is 7.09. The number of amides is 2. The zero-order valence-corrected chi connectivity index (χ0v) is 15.7. The van der Waals surface area contributed by atoms with Gasteiger partial charge in [0.15, 0.2) is 0 Å². The first-order valence-electron chi connectivity index (χ1n) is 9.09. The van der Waals surface area contributed by atoms with Crippen LogP contribution in [0, 0.1) is 11.7 Å². The lowest BCUT2D eigenvalue weighted by Gasteiger charge is -2.35. The third-order valence-corrected chi connectivity index (χ3v) is 5.44. The van der Waals surface area contributed by atoms with Crippen LogP contribution in [-0.4, -0.2) is 53.8 Å². The van der Waals surface area contributed by atoms with E-state index in [1.807, 2.05) is 4.90 Å². The summed E-state index contributed by atoms with van der Waals surface area (Å²) in [5.74, 6) is 0.00403. The molecular weight excluding hydrogens is 357 g/mol. The van der Waals surface area contributed by atoms with Crippen LogP contribution in [-0.2, 0) is 16.0 Å². The van der Waals surface area contributed by atoms with Crippen molar-refractivity contribution in [2.24, 2.45) is 11.7 Å². The molecule has 2 N–H and O–H groups in total. The highest BCUT2D eigenvalue weighted by Crippen LogP contribution is 2.27. The second kappa shape index (κ2) is 9.33. The molecule has 2 fully saturated rings. The highest BCUT2D eigenvalue weighted by molar-refractivity contribution is 5.85. The van der Waals surface area contributed by atoms with E-state index in [1.165, 1.54) is 6.07 Å². The summed E-state index contributed by atoms with van der Waals surface area (Å²) >= 11 is 0. The van der Waals surface area contributed by atoms with Crippen molar-refractivity contribution < 1.29 is 14.0 Å². The fraction of sp³-hybridized carbons (Fsp3) is 0.579. The van der Waals surface area contributed by atoms with Gasteiger partial charge in [0, 0.05) is 38.6 Å². The average Bonchev–Trinajstić information content (AvgIpc) is 3.02. The van der Waals surface area contributed by atoms with E-state index in [2.05, 4.69) is 0 Å². The van der Waals surface area contributed by atoms with Crippen LogP contribution in [0.1, 0.15) is 31.2 Å². The highest BCUT2D eigenvalue weighted by Gasteiger charge is 2.30. The van der Waals surface area contributed by atoms with E-state index in [-0.39, 0.29) is 42.5 Å². The number of carbonyl (C=O) groups excluding carboxylic acids is 2. The van der Waals surface area contributed by atoms with Crippen molar-refractivity contribution in [3.05, 3.63) is 35.6 Å². The topological polar surface area (TPSA) is 66.6 Å². The summed E-state index contributed by atoms with van der Waals surface area (Å²) in [4.78, 5) is 28.3. The fourth-order valence-electron chi connectivity index (χ4n) is 3.79. The molecule has 1 heterocycles. The first kappa shape index (κ1) is 20.6. The molecule has 7 heteroatoms. The van der Waals surface area contributed by atoms with Gasteiger partial charge in [-0.25, -0.2) is 4.39 Å². The molecule has 0 unspecified atom stereocenters. The van der Waals surface area contributed by atoms with Gasteiger partial charge < -0.3 is 15.5 Å². The summed E-state index contributed by atoms with van der Waals surface area (Å²) in [7, 11) is 0.